The number of nitrogens with zero attached hydrogens (tertiary/aromatic N) is 1. The quantitative estimate of drug-likeness (QED) is 0.863. The van der Waals surface area contributed by atoms with Gasteiger partial charge < -0.3 is 10.6 Å². The van der Waals surface area contributed by atoms with Crippen LogP contribution in [0.2, 0.25) is 0 Å². The number of anilines is 2. The van der Waals surface area contributed by atoms with Crippen molar-refractivity contribution in [1.29, 1.82) is 0 Å². The van der Waals surface area contributed by atoms with E-state index in [-0.39, 0.29) is 5.91 Å². The number of rotatable bonds is 2. The Bertz CT molecular complexity index is 704. The van der Waals surface area contributed by atoms with Crippen molar-refractivity contribution < 1.29 is 4.79 Å². The number of aryl methyl sites for hydroxylation is 2. The predicted octanol–water partition coefficient (Wildman–Crippen LogP) is 3.41. The monoisotopic (exact) mass is 294 g/mol. The van der Waals surface area contributed by atoms with Crippen LogP contribution in [0.5, 0.6) is 0 Å². The molecule has 1 aliphatic heterocycles. The molecule has 22 heavy (non-hydrogen) atoms. The third-order valence-electron chi connectivity index (χ3n) is 4.33. The average Bonchev–Trinajstić information content (AvgIpc) is 2.49. The minimum atomic E-state index is 0.163. The summed E-state index contributed by atoms with van der Waals surface area (Å²) in [5, 5.41) is 0. The number of hydrogen-bond acceptors (Lipinski definition) is 2. The van der Waals surface area contributed by atoms with E-state index in [0.717, 1.165) is 36.3 Å². The highest BCUT2D eigenvalue weighted by atomic mass is 16.2. The molecule has 0 spiro atoms. The molecule has 2 aromatic carbocycles. The summed E-state index contributed by atoms with van der Waals surface area (Å²) in [7, 11) is 0. The minimum Gasteiger partial charge on any atom is -0.399 e. The molecule has 114 valence electrons. The number of nitrogens with two attached hydrogens (primary N) is 1. The van der Waals surface area contributed by atoms with Crippen molar-refractivity contribution in [3.05, 3.63) is 58.7 Å². The van der Waals surface area contributed by atoms with E-state index in [9.17, 15) is 4.79 Å². The van der Waals surface area contributed by atoms with E-state index in [4.69, 9.17) is 5.73 Å². The highest BCUT2D eigenvalue weighted by Gasteiger charge is 2.23. The molecule has 1 aliphatic rings. The van der Waals surface area contributed by atoms with Gasteiger partial charge in [-0.25, -0.2) is 0 Å². The first kappa shape index (κ1) is 14.6. The number of nitrogen functional groups attached to an aromatic ring is 1. The lowest BCUT2D eigenvalue weighted by Crippen LogP contribution is -2.36. The Labute approximate surface area is 131 Å². The van der Waals surface area contributed by atoms with E-state index >= 15 is 0 Å². The molecule has 2 aromatic rings. The van der Waals surface area contributed by atoms with Crippen molar-refractivity contribution in [2.24, 2.45) is 0 Å². The first-order valence-electron chi connectivity index (χ1n) is 7.79. The summed E-state index contributed by atoms with van der Waals surface area (Å²) in [5.41, 5.74) is 12.4. The smallest absolute Gasteiger partial charge is 0.231 e. The van der Waals surface area contributed by atoms with Gasteiger partial charge in [-0.05, 0) is 67.1 Å². The second kappa shape index (κ2) is 5.84. The molecule has 0 saturated carbocycles. The van der Waals surface area contributed by atoms with E-state index in [2.05, 4.69) is 26.0 Å². The largest absolute Gasteiger partial charge is 0.399 e. The summed E-state index contributed by atoms with van der Waals surface area (Å²) >= 11 is 0. The fourth-order valence-electron chi connectivity index (χ4n) is 3.24. The molecule has 0 saturated heterocycles. The molecule has 1 heterocycles. The maximum absolute atomic E-state index is 12.7. The molecule has 3 heteroatoms. The van der Waals surface area contributed by atoms with Crippen molar-refractivity contribution in [2.75, 3.05) is 17.2 Å². The van der Waals surface area contributed by atoms with Gasteiger partial charge in [0.2, 0.25) is 5.91 Å². The van der Waals surface area contributed by atoms with Crippen LogP contribution in [0.25, 0.3) is 0 Å². The Morgan fingerprint density at radius 2 is 1.91 bits per heavy atom. The Morgan fingerprint density at radius 1 is 1.18 bits per heavy atom. The second-order valence-corrected chi connectivity index (χ2v) is 6.15. The molecular weight excluding hydrogens is 272 g/mol. The predicted molar refractivity (Wildman–Crippen MR) is 91.1 cm³/mol. The Hall–Kier alpha value is -2.29. The average molecular weight is 294 g/mol. The van der Waals surface area contributed by atoms with E-state index in [0.29, 0.717) is 6.42 Å². The van der Waals surface area contributed by atoms with Crippen LogP contribution < -0.4 is 10.6 Å². The van der Waals surface area contributed by atoms with Crippen LogP contribution in [-0.2, 0) is 17.6 Å². The zero-order valence-electron chi connectivity index (χ0n) is 13.2. The number of fused-ring (bicyclic) bond motifs is 1. The van der Waals surface area contributed by atoms with Gasteiger partial charge in [0.05, 0.1) is 6.42 Å². The highest BCUT2D eigenvalue weighted by molar-refractivity contribution is 5.96. The fourth-order valence-corrected chi connectivity index (χ4v) is 3.24. The van der Waals surface area contributed by atoms with Gasteiger partial charge in [-0.1, -0.05) is 18.2 Å². The lowest BCUT2D eigenvalue weighted by molar-refractivity contribution is -0.118. The Balaban J connectivity index is 1.87. The summed E-state index contributed by atoms with van der Waals surface area (Å²) in [6.45, 7) is 5.04. The first-order valence-corrected chi connectivity index (χ1v) is 7.79. The maximum atomic E-state index is 12.7. The van der Waals surface area contributed by atoms with Crippen molar-refractivity contribution in [2.45, 2.75) is 33.1 Å². The van der Waals surface area contributed by atoms with E-state index < -0.39 is 0 Å². The SMILES string of the molecule is Cc1cc(C)c2c(c1)N(C(=O)Cc1ccc(N)cc1)CCC2. The van der Waals surface area contributed by atoms with E-state index in [1.54, 1.807) is 0 Å². The normalized spacial score (nSPS) is 13.8. The lowest BCUT2D eigenvalue weighted by Gasteiger charge is -2.31. The number of carbonyl (C=O) groups excluding carboxylic acids is 1. The van der Waals surface area contributed by atoms with E-state index in [1.807, 2.05) is 29.2 Å². The minimum absolute atomic E-state index is 0.163. The standard InChI is InChI=1S/C19H22N2O/c1-13-10-14(2)17-4-3-9-21(18(17)11-13)19(22)12-15-5-7-16(20)8-6-15/h5-8,10-11H,3-4,9,12,20H2,1-2H3. The lowest BCUT2D eigenvalue weighted by atomic mass is 9.94. The molecule has 3 nitrogen and oxygen atoms in total. The van der Waals surface area contributed by atoms with Crippen molar-refractivity contribution in [1.82, 2.24) is 0 Å². The van der Waals surface area contributed by atoms with Crippen LogP contribution in [0.4, 0.5) is 11.4 Å². The molecule has 2 N–H and O–H groups in total. The molecule has 3 rings (SSSR count). The van der Waals surface area contributed by atoms with Crippen molar-refractivity contribution in [3.8, 4) is 0 Å². The number of hydrogen-bond donors (Lipinski definition) is 1. The van der Waals surface area contributed by atoms with Gasteiger partial charge in [0.15, 0.2) is 0 Å². The summed E-state index contributed by atoms with van der Waals surface area (Å²) in [6.07, 6.45) is 2.52. The number of carbonyl (C=O) groups is 1. The van der Waals surface area contributed by atoms with Gasteiger partial charge >= 0.3 is 0 Å². The Morgan fingerprint density at radius 3 is 2.64 bits per heavy atom. The van der Waals surface area contributed by atoms with Crippen LogP contribution in [0.15, 0.2) is 36.4 Å². The van der Waals surface area contributed by atoms with Crippen LogP contribution in [0, 0.1) is 13.8 Å². The van der Waals surface area contributed by atoms with Gasteiger partial charge in [0.25, 0.3) is 0 Å². The molecule has 1 amide bonds. The van der Waals surface area contributed by atoms with Crippen molar-refractivity contribution in [3.63, 3.8) is 0 Å². The zero-order valence-corrected chi connectivity index (χ0v) is 13.2. The second-order valence-electron chi connectivity index (χ2n) is 6.15. The van der Waals surface area contributed by atoms with Crippen LogP contribution in [0.3, 0.4) is 0 Å². The summed E-state index contributed by atoms with van der Waals surface area (Å²) in [5.74, 6) is 0.163. The third kappa shape index (κ3) is 2.84. The summed E-state index contributed by atoms with van der Waals surface area (Å²) in [6, 6.07) is 11.9. The first-order chi connectivity index (χ1) is 10.5. The fraction of sp³-hybridized carbons (Fsp3) is 0.316. The van der Waals surface area contributed by atoms with Gasteiger partial charge in [-0.3, -0.25) is 4.79 Å². The molecule has 0 unspecified atom stereocenters. The Kier molecular flexibility index (Phi) is 3.88. The molecule has 0 aliphatic carbocycles. The van der Waals surface area contributed by atoms with Crippen LogP contribution >= 0.6 is 0 Å². The number of benzene rings is 2. The van der Waals surface area contributed by atoms with Gasteiger partial charge in [0, 0.05) is 17.9 Å². The highest BCUT2D eigenvalue weighted by Crippen LogP contribution is 2.31. The molecule has 0 fully saturated rings. The van der Waals surface area contributed by atoms with E-state index in [1.165, 1.54) is 16.7 Å². The summed E-state index contributed by atoms with van der Waals surface area (Å²) in [4.78, 5) is 14.7. The summed E-state index contributed by atoms with van der Waals surface area (Å²) < 4.78 is 0. The molecule has 0 radical (unpaired) electrons. The van der Waals surface area contributed by atoms with Crippen LogP contribution in [-0.4, -0.2) is 12.5 Å². The molecule has 0 atom stereocenters. The maximum Gasteiger partial charge on any atom is 0.231 e. The zero-order chi connectivity index (χ0) is 15.7. The van der Waals surface area contributed by atoms with Crippen LogP contribution in [0.1, 0.15) is 28.7 Å². The van der Waals surface area contributed by atoms with Gasteiger partial charge in [-0.15, -0.1) is 0 Å². The number of amides is 1. The van der Waals surface area contributed by atoms with Gasteiger partial charge in [0.1, 0.15) is 0 Å². The molecular formula is C19H22N2O. The topological polar surface area (TPSA) is 46.3 Å². The molecule has 0 bridgehead atoms. The van der Waals surface area contributed by atoms with Crippen molar-refractivity contribution >= 4 is 17.3 Å². The molecule has 0 aromatic heterocycles. The third-order valence-corrected chi connectivity index (χ3v) is 4.33. The van der Waals surface area contributed by atoms with Gasteiger partial charge in [-0.2, -0.15) is 0 Å².